The Bertz CT molecular complexity index is 937. The number of halogens is 4. The summed E-state index contributed by atoms with van der Waals surface area (Å²) >= 11 is -0.984. The number of ether oxygens (including phenoxy) is 2. The highest BCUT2D eigenvalue weighted by Crippen LogP contribution is 2.60. The minimum Gasteiger partial charge on any atom is -0.462 e. The molecular weight excluding hydrogens is 478 g/mol. The van der Waals surface area contributed by atoms with Gasteiger partial charge in [0.1, 0.15) is 30.4 Å². The van der Waals surface area contributed by atoms with E-state index < -0.39 is 77.1 Å². The molecule has 180 valence electrons. The maximum atomic E-state index is 14.7. The summed E-state index contributed by atoms with van der Waals surface area (Å²) in [5, 5.41) is -0.549. The number of amides is 2. The molecule has 0 aromatic heterocycles. The van der Waals surface area contributed by atoms with Crippen LogP contribution in [0.4, 0.5) is 17.6 Å². The average molecular weight is 495 g/mol. The Labute approximate surface area is 188 Å². The van der Waals surface area contributed by atoms with Gasteiger partial charge < -0.3 is 9.47 Å². The molecule has 2 saturated carbocycles. The van der Waals surface area contributed by atoms with Gasteiger partial charge in [0.05, 0.1) is 11.1 Å². The number of nitrogens with zero attached hydrogens (tertiary/aromatic N) is 1. The van der Waals surface area contributed by atoms with Crippen LogP contribution < -0.4 is 0 Å². The first-order chi connectivity index (χ1) is 15.5. The normalized spacial score (nSPS) is 34.8. The summed E-state index contributed by atoms with van der Waals surface area (Å²) in [5.41, 5.74) is 0.0629. The Morgan fingerprint density at radius 3 is 2.24 bits per heavy atom. The van der Waals surface area contributed by atoms with Crippen molar-refractivity contribution in [1.29, 1.82) is 0 Å². The topological polar surface area (TPSA) is 101 Å². The van der Waals surface area contributed by atoms with E-state index in [1.165, 1.54) is 6.92 Å². The minimum absolute atomic E-state index is 0.0314. The molecule has 3 aliphatic heterocycles. The van der Waals surface area contributed by atoms with Crippen molar-refractivity contribution in [3.63, 3.8) is 0 Å². The monoisotopic (exact) mass is 495 g/mol. The Balaban J connectivity index is 1.13. The van der Waals surface area contributed by atoms with Gasteiger partial charge in [0.15, 0.2) is 0 Å². The fourth-order valence-electron chi connectivity index (χ4n) is 5.33. The molecule has 2 aliphatic carbocycles. The molecule has 2 fully saturated rings. The maximum absolute atomic E-state index is 14.7. The fraction of sp³-hybridized carbons (Fsp3) is 0.632. The van der Waals surface area contributed by atoms with Gasteiger partial charge in [0, 0.05) is 12.8 Å². The number of hydrogen-bond acceptors (Lipinski definition) is 9. The molecule has 0 aromatic rings. The van der Waals surface area contributed by atoms with E-state index in [1.54, 1.807) is 12.2 Å². The van der Waals surface area contributed by atoms with Crippen LogP contribution in [0.1, 0.15) is 26.2 Å². The number of hydroxylamine groups is 2. The van der Waals surface area contributed by atoms with Crippen molar-refractivity contribution in [3.8, 4) is 0 Å². The molecular formula is C19H17F4NO8S. The van der Waals surface area contributed by atoms with Gasteiger partial charge in [0.25, 0.3) is 11.8 Å². The Morgan fingerprint density at radius 1 is 1.06 bits per heavy atom. The van der Waals surface area contributed by atoms with Crippen molar-refractivity contribution in [3.05, 3.63) is 23.3 Å². The van der Waals surface area contributed by atoms with E-state index >= 15 is 0 Å². The molecule has 9 nitrogen and oxygen atoms in total. The Kier molecular flexibility index (Phi) is 5.36. The van der Waals surface area contributed by atoms with E-state index in [0.717, 1.165) is 0 Å². The molecule has 0 aromatic carbocycles. The van der Waals surface area contributed by atoms with E-state index in [0.29, 0.717) is 0 Å². The third kappa shape index (κ3) is 3.50. The van der Waals surface area contributed by atoms with Crippen LogP contribution >= 0.6 is 12.0 Å². The number of carbonyl (C=O) groups is 3. The van der Waals surface area contributed by atoms with Crippen LogP contribution in [-0.4, -0.2) is 52.3 Å². The molecule has 2 amide bonds. The third-order valence-corrected chi connectivity index (χ3v) is 7.28. The molecule has 0 saturated heterocycles. The summed E-state index contributed by atoms with van der Waals surface area (Å²) in [6.45, 7) is 1.20. The van der Waals surface area contributed by atoms with Gasteiger partial charge in [-0.05, 0) is 36.1 Å². The van der Waals surface area contributed by atoms with Gasteiger partial charge in [-0.1, -0.05) is 17.1 Å². The zero-order chi connectivity index (χ0) is 23.7. The zero-order valence-electron chi connectivity index (χ0n) is 16.9. The molecule has 3 heterocycles. The van der Waals surface area contributed by atoms with E-state index in [-0.39, 0.29) is 35.5 Å². The van der Waals surface area contributed by atoms with Crippen LogP contribution in [0.5, 0.6) is 0 Å². The lowest BCUT2D eigenvalue weighted by Gasteiger charge is -2.35. The lowest BCUT2D eigenvalue weighted by atomic mass is 9.82. The number of rotatable bonds is 8. The number of esters is 1. The second-order valence-corrected chi connectivity index (χ2v) is 9.33. The predicted molar refractivity (Wildman–Crippen MR) is 97.3 cm³/mol. The molecule has 0 radical (unpaired) electrons. The number of carbonyl (C=O) groups excluding carboxylic acids is 3. The van der Waals surface area contributed by atoms with E-state index in [2.05, 4.69) is 14.4 Å². The van der Waals surface area contributed by atoms with Gasteiger partial charge in [-0.3, -0.25) is 14.4 Å². The van der Waals surface area contributed by atoms with E-state index in [9.17, 15) is 31.9 Å². The SMILES string of the molecule is CC(=O)OC1CC2CC1CC2C(F)(F)C(F)(F)SOOON1C(=O)C2=C(C1=O)C1C=CC2O1. The highest BCUT2D eigenvalue weighted by Gasteiger charge is 2.68. The lowest BCUT2D eigenvalue weighted by Crippen LogP contribution is -2.47. The smallest absolute Gasteiger partial charge is 0.383 e. The summed E-state index contributed by atoms with van der Waals surface area (Å²) in [5.74, 6) is -9.66. The van der Waals surface area contributed by atoms with Crippen molar-refractivity contribution in [1.82, 2.24) is 5.06 Å². The number of fused-ring (bicyclic) bond motifs is 6. The number of alkyl halides is 4. The van der Waals surface area contributed by atoms with Crippen molar-refractivity contribution >= 4 is 29.8 Å². The molecule has 5 rings (SSSR count). The second-order valence-electron chi connectivity index (χ2n) is 8.51. The van der Waals surface area contributed by atoms with Gasteiger partial charge in [-0.15, -0.1) is 9.40 Å². The summed E-state index contributed by atoms with van der Waals surface area (Å²) < 4.78 is 72.4. The van der Waals surface area contributed by atoms with Gasteiger partial charge >= 0.3 is 17.1 Å². The van der Waals surface area contributed by atoms with Crippen LogP contribution in [0.2, 0.25) is 0 Å². The quantitative estimate of drug-likeness (QED) is 0.0735. The maximum Gasteiger partial charge on any atom is 0.383 e. The molecule has 14 heteroatoms. The second kappa shape index (κ2) is 7.77. The molecule has 6 unspecified atom stereocenters. The first-order valence-electron chi connectivity index (χ1n) is 10.1. The van der Waals surface area contributed by atoms with Crippen molar-refractivity contribution < 1.29 is 55.8 Å². The van der Waals surface area contributed by atoms with Gasteiger partial charge in [0.2, 0.25) is 0 Å². The minimum atomic E-state index is -4.71. The Morgan fingerprint density at radius 2 is 1.70 bits per heavy atom. The summed E-state index contributed by atoms with van der Waals surface area (Å²) in [6, 6.07) is 0. The van der Waals surface area contributed by atoms with E-state index in [4.69, 9.17) is 9.47 Å². The average Bonchev–Trinajstić information content (AvgIpc) is 3.53. The molecule has 0 N–H and O–H groups in total. The van der Waals surface area contributed by atoms with Crippen LogP contribution in [-0.2, 0) is 38.2 Å². The largest absolute Gasteiger partial charge is 0.462 e. The summed E-state index contributed by atoms with van der Waals surface area (Å²) in [4.78, 5) is 39.9. The number of hydrogen-bond donors (Lipinski definition) is 0. The Hall–Kier alpha value is -2.00. The highest BCUT2D eigenvalue weighted by atomic mass is 32.2. The lowest BCUT2D eigenvalue weighted by molar-refractivity contribution is -0.521. The summed E-state index contributed by atoms with van der Waals surface area (Å²) in [7, 11) is 0. The molecule has 0 spiro atoms. The molecule has 5 aliphatic rings. The molecule has 6 atom stereocenters. The number of imide groups is 1. The fourth-order valence-corrected chi connectivity index (χ4v) is 5.73. The molecule has 33 heavy (non-hydrogen) atoms. The first-order valence-corrected chi connectivity index (χ1v) is 10.8. The van der Waals surface area contributed by atoms with Crippen LogP contribution in [0, 0.1) is 17.8 Å². The van der Waals surface area contributed by atoms with Gasteiger partial charge in [-0.2, -0.15) is 17.6 Å². The predicted octanol–water partition coefficient (Wildman–Crippen LogP) is 2.64. The standard InChI is InChI=1S/C19H17F4NO8S/c1-7(25)28-13-6-8-4-9(13)5-10(8)18(20,21)19(22,23)33-32-31-30-24-16(26)14-11-2-3-12(29-11)15(14)17(24)27/h2-3,8-13H,4-6H2,1H3. The van der Waals surface area contributed by atoms with Crippen LogP contribution in [0.3, 0.4) is 0 Å². The first kappa shape index (κ1) is 22.8. The third-order valence-electron chi connectivity index (χ3n) is 6.68. The van der Waals surface area contributed by atoms with Crippen molar-refractivity contribution in [2.24, 2.45) is 17.8 Å². The van der Waals surface area contributed by atoms with Crippen molar-refractivity contribution in [2.45, 2.75) is 55.7 Å². The van der Waals surface area contributed by atoms with Crippen molar-refractivity contribution in [2.75, 3.05) is 0 Å². The summed E-state index contributed by atoms with van der Waals surface area (Å²) in [6.07, 6.45) is 1.26. The van der Waals surface area contributed by atoms with Crippen LogP contribution in [0.15, 0.2) is 23.3 Å². The zero-order valence-corrected chi connectivity index (χ0v) is 17.7. The van der Waals surface area contributed by atoms with Crippen LogP contribution in [0.25, 0.3) is 0 Å². The van der Waals surface area contributed by atoms with E-state index in [1.807, 2.05) is 0 Å². The highest BCUT2D eigenvalue weighted by molar-refractivity contribution is 7.95. The molecule has 4 bridgehead atoms. The van der Waals surface area contributed by atoms with Gasteiger partial charge in [-0.25, -0.2) is 0 Å².